The average molecular weight is 278 g/mol. The highest BCUT2D eigenvalue weighted by molar-refractivity contribution is 7.89. The number of hydrogen-bond acceptors (Lipinski definition) is 2. The summed E-state index contributed by atoms with van der Waals surface area (Å²) in [6.07, 6.45) is 0. The number of rotatable bonds is 4. The van der Waals surface area contributed by atoms with Crippen molar-refractivity contribution < 1.29 is 8.42 Å². The molecule has 1 aromatic carbocycles. The fourth-order valence-corrected chi connectivity index (χ4v) is 2.62. The molecule has 0 spiro atoms. The second kappa shape index (κ2) is 4.91. The summed E-state index contributed by atoms with van der Waals surface area (Å²) in [6.45, 7) is 6.79. The molecule has 86 valence electrons. The summed E-state index contributed by atoms with van der Waals surface area (Å²) in [5.74, 6) is 0. The molecule has 1 aromatic rings. The van der Waals surface area contributed by atoms with Gasteiger partial charge in [0.1, 0.15) is 4.90 Å². The highest BCUT2D eigenvalue weighted by Crippen LogP contribution is 2.21. The van der Waals surface area contributed by atoms with Crippen LogP contribution in [-0.4, -0.2) is 8.42 Å². The SMILES string of the molecule is C=C(Cl)C(=C)NS(=O)(=O)c1ccccc1Cl. The van der Waals surface area contributed by atoms with Crippen molar-refractivity contribution in [3.8, 4) is 0 Å². The van der Waals surface area contributed by atoms with E-state index < -0.39 is 10.0 Å². The summed E-state index contributed by atoms with van der Waals surface area (Å²) in [4.78, 5) is -0.0317. The summed E-state index contributed by atoms with van der Waals surface area (Å²) < 4.78 is 25.8. The van der Waals surface area contributed by atoms with Crippen molar-refractivity contribution in [2.24, 2.45) is 0 Å². The fourth-order valence-electron chi connectivity index (χ4n) is 0.935. The van der Waals surface area contributed by atoms with Crippen molar-refractivity contribution in [1.82, 2.24) is 4.72 Å². The molecular weight excluding hydrogens is 269 g/mol. The number of hydrogen-bond donors (Lipinski definition) is 1. The van der Waals surface area contributed by atoms with Crippen LogP contribution < -0.4 is 4.72 Å². The number of benzene rings is 1. The third-order valence-corrected chi connectivity index (χ3v) is 3.83. The first-order valence-corrected chi connectivity index (χ1v) is 6.39. The van der Waals surface area contributed by atoms with Gasteiger partial charge in [0.15, 0.2) is 0 Å². The maximum atomic E-state index is 11.8. The Kier molecular flexibility index (Phi) is 4.02. The first-order chi connectivity index (χ1) is 7.34. The maximum absolute atomic E-state index is 11.8. The first-order valence-electron chi connectivity index (χ1n) is 4.15. The molecule has 0 unspecified atom stereocenters. The van der Waals surface area contributed by atoms with Crippen LogP contribution in [0, 0.1) is 0 Å². The molecule has 1 N–H and O–H groups in total. The highest BCUT2D eigenvalue weighted by Gasteiger charge is 2.18. The Labute approximate surface area is 104 Å². The summed E-state index contributed by atoms with van der Waals surface area (Å²) in [5, 5.41) is 0.151. The molecule has 0 amide bonds. The number of halogens is 2. The lowest BCUT2D eigenvalue weighted by Gasteiger charge is -2.10. The topological polar surface area (TPSA) is 46.2 Å². The van der Waals surface area contributed by atoms with Gasteiger partial charge in [0.05, 0.1) is 15.8 Å². The predicted molar refractivity (Wildman–Crippen MR) is 65.9 cm³/mol. The molecule has 0 aliphatic rings. The van der Waals surface area contributed by atoms with E-state index in [0.29, 0.717) is 0 Å². The molecule has 0 radical (unpaired) electrons. The second-order valence-electron chi connectivity index (χ2n) is 2.92. The quantitative estimate of drug-likeness (QED) is 0.861. The van der Waals surface area contributed by atoms with Crippen LogP contribution in [0.5, 0.6) is 0 Å². The average Bonchev–Trinajstić information content (AvgIpc) is 2.17. The Balaban J connectivity index is 3.09. The zero-order valence-corrected chi connectivity index (χ0v) is 10.5. The van der Waals surface area contributed by atoms with Gasteiger partial charge >= 0.3 is 0 Å². The molecule has 0 fully saturated rings. The summed E-state index contributed by atoms with van der Waals surface area (Å²) >= 11 is 11.3. The van der Waals surface area contributed by atoms with Crippen LogP contribution in [0.2, 0.25) is 5.02 Å². The minimum Gasteiger partial charge on any atom is -0.279 e. The highest BCUT2D eigenvalue weighted by atomic mass is 35.5. The van der Waals surface area contributed by atoms with E-state index in [0.717, 1.165) is 0 Å². The van der Waals surface area contributed by atoms with Crippen LogP contribution in [-0.2, 0) is 10.0 Å². The lowest BCUT2D eigenvalue weighted by Crippen LogP contribution is -2.22. The molecule has 0 saturated heterocycles. The van der Waals surface area contributed by atoms with E-state index in [1.165, 1.54) is 12.1 Å². The molecule has 1 rings (SSSR count). The molecular formula is C10H9Cl2NO2S. The van der Waals surface area contributed by atoms with E-state index >= 15 is 0 Å². The third kappa shape index (κ3) is 3.01. The van der Waals surface area contributed by atoms with Gasteiger partial charge in [-0.3, -0.25) is 4.72 Å². The van der Waals surface area contributed by atoms with Crippen LogP contribution >= 0.6 is 23.2 Å². The summed E-state index contributed by atoms with van der Waals surface area (Å²) in [5.41, 5.74) is 0.0154. The molecule has 3 nitrogen and oxygen atoms in total. The van der Waals surface area contributed by atoms with E-state index in [-0.39, 0.29) is 20.6 Å². The van der Waals surface area contributed by atoms with Crippen LogP contribution in [0.4, 0.5) is 0 Å². The zero-order valence-electron chi connectivity index (χ0n) is 8.20. The van der Waals surface area contributed by atoms with Gasteiger partial charge in [-0.1, -0.05) is 48.5 Å². The molecule has 0 aliphatic heterocycles. The van der Waals surface area contributed by atoms with Crippen LogP contribution in [0.3, 0.4) is 0 Å². The Hall–Kier alpha value is -0.970. The minimum absolute atomic E-state index is 0.0154. The number of nitrogens with one attached hydrogen (secondary N) is 1. The van der Waals surface area contributed by atoms with Gasteiger partial charge in [-0.2, -0.15) is 0 Å². The molecule has 0 saturated carbocycles. The lowest BCUT2D eigenvalue weighted by atomic mass is 10.4. The predicted octanol–water partition coefficient (Wildman–Crippen LogP) is 2.88. The Bertz CT molecular complexity index is 538. The fraction of sp³-hybridized carbons (Fsp3) is 0. The number of allylic oxidation sites excluding steroid dienone is 1. The third-order valence-electron chi connectivity index (χ3n) is 1.71. The standard InChI is InChI=1S/C10H9Cl2NO2S/c1-7(11)8(2)13-16(14,15)10-6-4-3-5-9(10)12/h3-6,13H,1-2H2. The van der Waals surface area contributed by atoms with Crippen molar-refractivity contribution in [1.29, 1.82) is 0 Å². The monoisotopic (exact) mass is 277 g/mol. The van der Waals surface area contributed by atoms with Gasteiger partial charge in [-0.05, 0) is 12.1 Å². The normalized spacial score (nSPS) is 10.9. The Morgan fingerprint density at radius 3 is 2.31 bits per heavy atom. The van der Waals surface area contributed by atoms with Crippen LogP contribution in [0.25, 0.3) is 0 Å². The van der Waals surface area contributed by atoms with E-state index in [4.69, 9.17) is 23.2 Å². The molecule has 0 atom stereocenters. The van der Waals surface area contributed by atoms with E-state index in [1.807, 2.05) is 0 Å². The van der Waals surface area contributed by atoms with Gasteiger partial charge in [0, 0.05) is 0 Å². The molecule has 0 aromatic heterocycles. The number of sulfonamides is 1. The molecule has 16 heavy (non-hydrogen) atoms. The lowest BCUT2D eigenvalue weighted by molar-refractivity contribution is 0.589. The van der Waals surface area contributed by atoms with Crippen LogP contribution in [0.15, 0.2) is 53.0 Å². The van der Waals surface area contributed by atoms with Crippen molar-refractivity contribution in [3.63, 3.8) is 0 Å². The van der Waals surface area contributed by atoms with E-state index in [1.54, 1.807) is 12.1 Å². The Morgan fingerprint density at radius 1 is 1.25 bits per heavy atom. The van der Waals surface area contributed by atoms with E-state index in [2.05, 4.69) is 17.9 Å². The smallest absolute Gasteiger partial charge is 0.263 e. The zero-order chi connectivity index (χ0) is 12.3. The van der Waals surface area contributed by atoms with Crippen molar-refractivity contribution in [3.05, 3.63) is 53.2 Å². The van der Waals surface area contributed by atoms with Crippen LogP contribution in [0.1, 0.15) is 0 Å². The molecule has 0 aliphatic carbocycles. The minimum atomic E-state index is -3.76. The maximum Gasteiger partial charge on any atom is 0.263 e. The summed E-state index contributed by atoms with van der Waals surface area (Å²) in [6, 6.07) is 6.07. The van der Waals surface area contributed by atoms with Gasteiger partial charge in [-0.15, -0.1) is 0 Å². The van der Waals surface area contributed by atoms with Crippen molar-refractivity contribution >= 4 is 33.2 Å². The first kappa shape index (κ1) is 13.1. The van der Waals surface area contributed by atoms with Gasteiger partial charge < -0.3 is 0 Å². The van der Waals surface area contributed by atoms with Crippen molar-refractivity contribution in [2.45, 2.75) is 4.90 Å². The van der Waals surface area contributed by atoms with Gasteiger partial charge in [0.25, 0.3) is 10.0 Å². The Morgan fingerprint density at radius 2 is 1.81 bits per heavy atom. The van der Waals surface area contributed by atoms with Gasteiger partial charge in [0.2, 0.25) is 0 Å². The molecule has 0 heterocycles. The largest absolute Gasteiger partial charge is 0.279 e. The van der Waals surface area contributed by atoms with Crippen molar-refractivity contribution in [2.75, 3.05) is 0 Å². The second-order valence-corrected chi connectivity index (χ2v) is 5.43. The molecule has 6 heteroatoms. The van der Waals surface area contributed by atoms with Gasteiger partial charge in [-0.25, -0.2) is 8.42 Å². The van der Waals surface area contributed by atoms with E-state index in [9.17, 15) is 8.42 Å². The molecule has 0 bridgehead atoms. The summed E-state index contributed by atoms with van der Waals surface area (Å²) in [7, 11) is -3.76.